The number of carbonyl (C=O) groups is 2. The quantitative estimate of drug-likeness (QED) is 0.755. The van der Waals surface area contributed by atoms with Crippen molar-refractivity contribution in [2.24, 2.45) is 5.41 Å². The monoisotopic (exact) mass is 252 g/mol. The molecule has 0 aliphatic heterocycles. The average molecular weight is 252 g/mol. The standard InChI is InChI=1S/C12H20N4O2/c1-7-6-13-16-9(7)15-10(17)8(2)14-11(18)12(3,4)5/h6,8H,1-5H3,(H,14,18)(H2,13,15,16,17). The van der Waals surface area contributed by atoms with Crippen LogP contribution in [0.25, 0.3) is 0 Å². The zero-order valence-electron chi connectivity index (χ0n) is 11.4. The summed E-state index contributed by atoms with van der Waals surface area (Å²) in [5.74, 6) is 0.114. The number of aromatic amines is 1. The summed E-state index contributed by atoms with van der Waals surface area (Å²) in [4.78, 5) is 23.6. The van der Waals surface area contributed by atoms with Gasteiger partial charge in [0.1, 0.15) is 11.9 Å². The van der Waals surface area contributed by atoms with Gasteiger partial charge in [-0.15, -0.1) is 0 Å². The van der Waals surface area contributed by atoms with Crippen LogP contribution in [0.5, 0.6) is 0 Å². The van der Waals surface area contributed by atoms with Gasteiger partial charge in [0.2, 0.25) is 11.8 Å². The van der Waals surface area contributed by atoms with Gasteiger partial charge in [-0.05, 0) is 13.8 Å². The molecule has 2 amide bonds. The van der Waals surface area contributed by atoms with Crippen LogP contribution in [-0.2, 0) is 9.59 Å². The second-order valence-electron chi connectivity index (χ2n) is 5.36. The van der Waals surface area contributed by atoms with E-state index < -0.39 is 11.5 Å². The number of hydrogen-bond donors (Lipinski definition) is 3. The molecule has 0 aromatic carbocycles. The van der Waals surface area contributed by atoms with Crippen LogP contribution in [0.1, 0.15) is 33.3 Å². The number of amides is 2. The minimum atomic E-state index is -0.598. The Labute approximate surface area is 107 Å². The number of H-pyrrole nitrogens is 1. The number of nitrogens with one attached hydrogen (secondary N) is 3. The first-order valence-electron chi connectivity index (χ1n) is 5.83. The zero-order valence-corrected chi connectivity index (χ0v) is 11.4. The highest BCUT2D eigenvalue weighted by molar-refractivity contribution is 5.97. The van der Waals surface area contributed by atoms with Crippen LogP contribution >= 0.6 is 0 Å². The molecule has 0 bridgehead atoms. The minimum absolute atomic E-state index is 0.161. The Morgan fingerprint density at radius 3 is 2.44 bits per heavy atom. The first kappa shape index (κ1) is 14.2. The highest BCUT2D eigenvalue weighted by Crippen LogP contribution is 2.13. The summed E-state index contributed by atoms with van der Waals surface area (Å²) in [6, 6.07) is -0.598. The number of hydrogen-bond acceptors (Lipinski definition) is 3. The predicted octanol–water partition coefficient (Wildman–Crippen LogP) is 1.21. The summed E-state index contributed by atoms with van der Waals surface area (Å²) in [6.07, 6.45) is 1.62. The molecule has 1 atom stereocenters. The second-order valence-corrected chi connectivity index (χ2v) is 5.36. The van der Waals surface area contributed by atoms with E-state index in [-0.39, 0.29) is 11.8 Å². The fourth-order valence-corrected chi connectivity index (χ4v) is 1.18. The van der Waals surface area contributed by atoms with Crippen LogP contribution in [0, 0.1) is 12.3 Å². The molecule has 0 aliphatic carbocycles. The Balaban J connectivity index is 2.58. The van der Waals surface area contributed by atoms with Gasteiger partial charge in [0, 0.05) is 11.0 Å². The molecule has 6 heteroatoms. The lowest BCUT2D eigenvalue weighted by atomic mass is 9.95. The third-order valence-corrected chi connectivity index (χ3v) is 2.50. The van der Waals surface area contributed by atoms with E-state index >= 15 is 0 Å². The summed E-state index contributed by atoms with van der Waals surface area (Å²) in [6.45, 7) is 8.87. The first-order valence-corrected chi connectivity index (χ1v) is 5.83. The molecule has 6 nitrogen and oxygen atoms in total. The molecule has 1 rings (SSSR count). The molecule has 1 heterocycles. The SMILES string of the molecule is Cc1cn[nH]c1NC(=O)C(C)NC(=O)C(C)(C)C. The maximum Gasteiger partial charge on any atom is 0.247 e. The third-order valence-electron chi connectivity index (χ3n) is 2.50. The molecule has 1 aromatic heterocycles. The third kappa shape index (κ3) is 3.58. The number of aromatic nitrogens is 2. The number of rotatable bonds is 3. The highest BCUT2D eigenvalue weighted by atomic mass is 16.2. The van der Waals surface area contributed by atoms with E-state index in [9.17, 15) is 9.59 Å². The van der Waals surface area contributed by atoms with Crippen LogP contribution in [0.2, 0.25) is 0 Å². The van der Waals surface area contributed by atoms with Gasteiger partial charge in [-0.25, -0.2) is 0 Å². The number of anilines is 1. The molecule has 18 heavy (non-hydrogen) atoms. The lowest BCUT2D eigenvalue weighted by molar-refractivity contribution is -0.131. The molecule has 0 saturated heterocycles. The van der Waals surface area contributed by atoms with Crippen LogP contribution in [-0.4, -0.2) is 28.1 Å². The van der Waals surface area contributed by atoms with Crippen molar-refractivity contribution in [2.45, 2.75) is 40.7 Å². The smallest absolute Gasteiger partial charge is 0.247 e. The summed E-state index contributed by atoms with van der Waals surface area (Å²) < 4.78 is 0. The number of aryl methyl sites for hydroxylation is 1. The summed E-state index contributed by atoms with van der Waals surface area (Å²) >= 11 is 0. The molecule has 0 fully saturated rings. The van der Waals surface area contributed by atoms with Gasteiger partial charge in [0.25, 0.3) is 0 Å². The Kier molecular flexibility index (Phi) is 4.11. The van der Waals surface area contributed by atoms with Crippen molar-refractivity contribution in [3.05, 3.63) is 11.8 Å². The van der Waals surface area contributed by atoms with Gasteiger partial charge in [-0.1, -0.05) is 20.8 Å². The maximum absolute atomic E-state index is 11.9. The molecule has 1 aromatic rings. The van der Waals surface area contributed by atoms with Crippen LogP contribution in [0.4, 0.5) is 5.82 Å². The molecule has 0 radical (unpaired) electrons. The lowest BCUT2D eigenvalue weighted by Crippen LogP contribution is -2.46. The Bertz CT molecular complexity index is 445. The minimum Gasteiger partial charge on any atom is -0.344 e. The summed E-state index contributed by atoms with van der Waals surface area (Å²) in [7, 11) is 0. The Morgan fingerprint density at radius 2 is 2.00 bits per heavy atom. The highest BCUT2D eigenvalue weighted by Gasteiger charge is 2.25. The van der Waals surface area contributed by atoms with E-state index in [1.165, 1.54) is 0 Å². The summed E-state index contributed by atoms with van der Waals surface area (Å²) in [5, 5.41) is 11.8. The fourth-order valence-electron chi connectivity index (χ4n) is 1.18. The first-order chi connectivity index (χ1) is 8.21. The number of carbonyl (C=O) groups excluding carboxylic acids is 2. The van der Waals surface area contributed by atoms with Gasteiger partial charge >= 0.3 is 0 Å². The van der Waals surface area contributed by atoms with Gasteiger partial charge in [0.15, 0.2) is 0 Å². The second kappa shape index (κ2) is 5.20. The van der Waals surface area contributed by atoms with E-state index in [0.717, 1.165) is 5.56 Å². The molecule has 100 valence electrons. The fraction of sp³-hybridized carbons (Fsp3) is 0.583. The van der Waals surface area contributed by atoms with Gasteiger partial charge in [-0.3, -0.25) is 14.7 Å². The van der Waals surface area contributed by atoms with Crippen LogP contribution in [0.15, 0.2) is 6.20 Å². The Morgan fingerprint density at radius 1 is 1.39 bits per heavy atom. The molecule has 3 N–H and O–H groups in total. The molecule has 0 saturated carbocycles. The Hall–Kier alpha value is -1.85. The van der Waals surface area contributed by atoms with Crippen molar-refractivity contribution in [1.29, 1.82) is 0 Å². The largest absolute Gasteiger partial charge is 0.344 e. The van der Waals surface area contributed by atoms with Crippen LogP contribution < -0.4 is 10.6 Å². The van der Waals surface area contributed by atoms with Gasteiger partial charge in [0.05, 0.1) is 6.20 Å². The lowest BCUT2D eigenvalue weighted by Gasteiger charge is -2.21. The van der Waals surface area contributed by atoms with E-state index in [1.54, 1.807) is 33.9 Å². The van der Waals surface area contributed by atoms with Crippen molar-refractivity contribution < 1.29 is 9.59 Å². The average Bonchev–Trinajstić information content (AvgIpc) is 2.62. The van der Waals surface area contributed by atoms with E-state index in [4.69, 9.17) is 0 Å². The zero-order chi connectivity index (χ0) is 13.9. The molecule has 1 unspecified atom stereocenters. The van der Waals surface area contributed by atoms with Crippen LogP contribution in [0.3, 0.4) is 0 Å². The molecular formula is C12H20N4O2. The molecule has 0 spiro atoms. The van der Waals surface area contributed by atoms with Gasteiger partial charge < -0.3 is 10.6 Å². The normalized spacial score (nSPS) is 12.9. The maximum atomic E-state index is 11.9. The van der Waals surface area contributed by atoms with Crippen molar-refractivity contribution in [1.82, 2.24) is 15.5 Å². The summed E-state index contributed by atoms with van der Waals surface area (Å²) in [5.41, 5.74) is 0.330. The van der Waals surface area contributed by atoms with Crippen molar-refractivity contribution in [3.8, 4) is 0 Å². The van der Waals surface area contributed by atoms with Crippen molar-refractivity contribution in [3.63, 3.8) is 0 Å². The van der Waals surface area contributed by atoms with Gasteiger partial charge in [-0.2, -0.15) is 5.10 Å². The molecule has 0 aliphatic rings. The van der Waals surface area contributed by atoms with E-state index in [2.05, 4.69) is 20.8 Å². The molecular weight excluding hydrogens is 232 g/mol. The van der Waals surface area contributed by atoms with E-state index in [1.807, 2.05) is 6.92 Å². The topological polar surface area (TPSA) is 86.9 Å². The predicted molar refractivity (Wildman–Crippen MR) is 69.0 cm³/mol. The van der Waals surface area contributed by atoms with Crippen molar-refractivity contribution >= 4 is 17.6 Å². The number of nitrogens with zero attached hydrogens (tertiary/aromatic N) is 1. The van der Waals surface area contributed by atoms with E-state index in [0.29, 0.717) is 5.82 Å². The van der Waals surface area contributed by atoms with Crippen molar-refractivity contribution in [2.75, 3.05) is 5.32 Å².